The molecule has 0 spiro atoms. The Labute approximate surface area is 166 Å². The van der Waals surface area contributed by atoms with E-state index in [1.54, 1.807) is 12.1 Å². The van der Waals surface area contributed by atoms with Crippen LogP contribution in [0.3, 0.4) is 0 Å². The van der Waals surface area contributed by atoms with Crippen molar-refractivity contribution in [2.75, 3.05) is 5.73 Å². The molecule has 2 aliphatic rings. The number of hydrogen-bond acceptors (Lipinski definition) is 3. The Bertz CT molecular complexity index is 913. The number of rotatable bonds is 2. The molecule has 2 fully saturated rings. The molecular weight excluding hydrogens is 350 g/mol. The van der Waals surface area contributed by atoms with Crippen molar-refractivity contribution >= 4 is 23.5 Å². The topological polar surface area (TPSA) is 80.4 Å². The van der Waals surface area contributed by atoms with Crippen molar-refractivity contribution in [3.63, 3.8) is 0 Å². The molecule has 2 bridgehead atoms. The van der Waals surface area contributed by atoms with Crippen LogP contribution in [0.5, 0.6) is 0 Å². The van der Waals surface area contributed by atoms with Crippen LogP contribution >= 0.6 is 0 Å². The highest BCUT2D eigenvalue weighted by atomic mass is 16.4. The van der Waals surface area contributed by atoms with Gasteiger partial charge in [-0.15, -0.1) is 0 Å². The Morgan fingerprint density at radius 1 is 1.07 bits per heavy atom. The molecule has 28 heavy (non-hydrogen) atoms. The molecule has 2 aromatic carbocycles. The third-order valence-corrected chi connectivity index (χ3v) is 6.64. The molecule has 0 radical (unpaired) electrons. The van der Waals surface area contributed by atoms with Crippen LogP contribution in [0.2, 0.25) is 0 Å². The van der Waals surface area contributed by atoms with E-state index in [4.69, 9.17) is 10.8 Å². The molecule has 2 saturated carbocycles. The second-order valence-electron chi connectivity index (χ2n) is 8.41. The van der Waals surface area contributed by atoms with Crippen LogP contribution in [-0.2, 0) is 4.79 Å². The van der Waals surface area contributed by atoms with Crippen LogP contribution < -0.4 is 5.73 Å². The number of carbonyl (C=O) groups excluding carboxylic acids is 1. The van der Waals surface area contributed by atoms with Crippen LogP contribution in [0.4, 0.5) is 5.69 Å². The highest BCUT2D eigenvalue weighted by Crippen LogP contribution is 2.65. The second kappa shape index (κ2) is 7.27. The van der Waals surface area contributed by atoms with Gasteiger partial charge in [0.15, 0.2) is 5.78 Å². The number of hydrogen-bond donors (Lipinski definition) is 2. The highest BCUT2D eigenvalue weighted by molar-refractivity contribution is 6.07. The number of carboxylic acid groups (broad SMARTS) is 1. The zero-order chi connectivity index (χ0) is 20.5. The molecule has 0 amide bonds. The molecule has 0 saturated heterocycles. The van der Waals surface area contributed by atoms with E-state index in [0.29, 0.717) is 17.4 Å². The van der Waals surface area contributed by atoms with Gasteiger partial charge in [-0.3, -0.25) is 4.79 Å². The summed E-state index contributed by atoms with van der Waals surface area (Å²) in [5, 5.41) is 8.43. The molecule has 3 N–H and O–H groups in total. The zero-order valence-corrected chi connectivity index (χ0v) is 16.6. The number of Topliss-reactive ketones (excluding diaryl/α,β-unsaturated/α-hetero) is 1. The van der Waals surface area contributed by atoms with E-state index in [-0.39, 0.29) is 16.4 Å². The third kappa shape index (κ3) is 3.35. The first-order chi connectivity index (χ1) is 13.2. The Morgan fingerprint density at radius 2 is 1.68 bits per heavy atom. The molecule has 0 heterocycles. The van der Waals surface area contributed by atoms with Crippen LogP contribution in [-0.4, -0.2) is 16.9 Å². The Hall–Kier alpha value is -2.88. The summed E-state index contributed by atoms with van der Waals surface area (Å²) >= 11 is 0. The summed E-state index contributed by atoms with van der Waals surface area (Å²) in [6.45, 7) is 6.67. The largest absolute Gasteiger partial charge is 0.478 e. The number of nitrogens with two attached hydrogens (primary N) is 1. The third-order valence-electron chi connectivity index (χ3n) is 6.64. The fraction of sp³-hybridized carbons (Fsp3) is 0.333. The van der Waals surface area contributed by atoms with Gasteiger partial charge in [0.2, 0.25) is 0 Å². The monoisotopic (exact) mass is 377 g/mol. The number of aromatic carboxylic acids is 1. The molecule has 2 unspecified atom stereocenters. The van der Waals surface area contributed by atoms with Crippen molar-refractivity contribution in [1.82, 2.24) is 0 Å². The number of carbonyl (C=O) groups is 2. The van der Waals surface area contributed by atoms with Crippen LogP contribution in [0.15, 0.2) is 60.2 Å². The number of carboxylic acids is 1. The molecule has 2 aliphatic carbocycles. The predicted octanol–water partition coefficient (Wildman–Crippen LogP) is 5.06. The van der Waals surface area contributed by atoms with Gasteiger partial charge in [0.05, 0.1) is 5.56 Å². The van der Waals surface area contributed by atoms with E-state index in [0.717, 1.165) is 24.0 Å². The lowest BCUT2D eigenvalue weighted by atomic mass is 9.70. The maximum Gasteiger partial charge on any atom is 0.335 e. The number of ketones is 1. The summed E-state index contributed by atoms with van der Waals surface area (Å²) in [6, 6.07) is 16.3. The maximum atomic E-state index is 12.6. The first kappa shape index (κ1) is 19.9. The van der Waals surface area contributed by atoms with E-state index in [1.807, 2.05) is 18.2 Å². The zero-order valence-electron chi connectivity index (χ0n) is 16.6. The standard InChI is InChI=1S/C17H20O.C7H7NO2/c1-16(2)14-9-10-17(16,3)15(18)13(14)11-12-7-5-4-6-8-12;8-6-3-1-5(2-4-6)7(9)10/h4-8,11,14H,9-10H2,1-3H3;1-4H,8H2,(H,9,10). The van der Waals surface area contributed by atoms with Crippen molar-refractivity contribution in [1.29, 1.82) is 0 Å². The van der Waals surface area contributed by atoms with Crippen LogP contribution in [0, 0.1) is 16.7 Å². The Morgan fingerprint density at radius 3 is 2.18 bits per heavy atom. The average molecular weight is 377 g/mol. The van der Waals surface area contributed by atoms with Crippen molar-refractivity contribution in [2.24, 2.45) is 16.7 Å². The predicted molar refractivity (Wildman–Crippen MR) is 112 cm³/mol. The smallest absolute Gasteiger partial charge is 0.335 e. The summed E-state index contributed by atoms with van der Waals surface area (Å²) in [6.07, 6.45) is 4.32. The van der Waals surface area contributed by atoms with E-state index < -0.39 is 5.97 Å². The fourth-order valence-electron chi connectivity index (χ4n) is 4.45. The normalized spacial score (nSPS) is 26.0. The molecule has 0 aliphatic heterocycles. The minimum atomic E-state index is -0.931. The second-order valence-corrected chi connectivity index (χ2v) is 8.41. The number of nitrogen functional groups attached to an aromatic ring is 1. The summed E-state index contributed by atoms with van der Waals surface area (Å²) in [4.78, 5) is 22.9. The molecule has 2 aromatic rings. The lowest BCUT2D eigenvalue weighted by molar-refractivity contribution is -0.125. The van der Waals surface area contributed by atoms with E-state index in [1.165, 1.54) is 12.1 Å². The summed E-state index contributed by atoms with van der Waals surface area (Å²) in [5.74, 6) is -0.109. The van der Waals surface area contributed by atoms with Gasteiger partial charge in [-0.05, 0) is 65.7 Å². The van der Waals surface area contributed by atoms with Gasteiger partial charge in [-0.1, -0.05) is 51.1 Å². The molecule has 146 valence electrons. The quantitative estimate of drug-likeness (QED) is 0.566. The number of anilines is 1. The minimum absolute atomic E-state index is 0.116. The van der Waals surface area contributed by atoms with Gasteiger partial charge in [0.25, 0.3) is 0 Å². The SMILES string of the molecule is CC12CCC(C(=Cc3ccccc3)C1=O)C2(C)C.Nc1ccc(C(=O)O)cc1. The summed E-state index contributed by atoms with van der Waals surface area (Å²) < 4.78 is 0. The molecule has 2 atom stereocenters. The van der Waals surface area contributed by atoms with Crippen LogP contribution in [0.1, 0.15) is 49.5 Å². The Balaban J connectivity index is 0.000000192. The van der Waals surface area contributed by atoms with Gasteiger partial charge in [0.1, 0.15) is 0 Å². The van der Waals surface area contributed by atoms with Crippen molar-refractivity contribution < 1.29 is 14.7 Å². The summed E-state index contributed by atoms with van der Waals surface area (Å²) in [7, 11) is 0. The van der Waals surface area contributed by atoms with Crippen molar-refractivity contribution in [3.05, 3.63) is 71.3 Å². The first-order valence-electron chi connectivity index (χ1n) is 9.57. The fourth-order valence-corrected chi connectivity index (χ4v) is 4.45. The lowest BCUT2D eigenvalue weighted by Crippen LogP contribution is -2.32. The molecule has 4 heteroatoms. The lowest BCUT2D eigenvalue weighted by Gasteiger charge is -2.31. The van der Waals surface area contributed by atoms with Crippen LogP contribution in [0.25, 0.3) is 6.08 Å². The number of allylic oxidation sites excluding steroid dienone is 1. The van der Waals surface area contributed by atoms with Crippen molar-refractivity contribution in [2.45, 2.75) is 33.6 Å². The van der Waals surface area contributed by atoms with Crippen molar-refractivity contribution in [3.8, 4) is 0 Å². The molecule has 4 nitrogen and oxygen atoms in total. The molecular formula is C24H27NO3. The number of benzene rings is 2. The van der Waals surface area contributed by atoms with Gasteiger partial charge in [-0.2, -0.15) is 0 Å². The average Bonchev–Trinajstić information content (AvgIpc) is 2.97. The maximum absolute atomic E-state index is 12.6. The minimum Gasteiger partial charge on any atom is -0.478 e. The van der Waals surface area contributed by atoms with Gasteiger partial charge in [0, 0.05) is 11.1 Å². The highest BCUT2D eigenvalue weighted by Gasteiger charge is 2.63. The van der Waals surface area contributed by atoms with Gasteiger partial charge >= 0.3 is 5.97 Å². The van der Waals surface area contributed by atoms with Gasteiger partial charge < -0.3 is 10.8 Å². The molecule has 0 aromatic heterocycles. The van der Waals surface area contributed by atoms with Gasteiger partial charge in [-0.25, -0.2) is 4.79 Å². The summed E-state index contributed by atoms with van der Waals surface area (Å²) in [5.41, 5.74) is 8.34. The van der Waals surface area contributed by atoms with E-state index in [9.17, 15) is 9.59 Å². The Kier molecular flexibility index (Phi) is 5.16. The first-order valence-corrected chi connectivity index (χ1v) is 9.57. The molecule has 4 rings (SSSR count). The number of fused-ring (bicyclic) bond motifs is 2. The van der Waals surface area contributed by atoms with E-state index in [2.05, 4.69) is 39.0 Å². The van der Waals surface area contributed by atoms with E-state index >= 15 is 0 Å².